The van der Waals surface area contributed by atoms with Gasteiger partial charge >= 0.3 is 0 Å². The maximum absolute atomic E-state index is 13.4. The zero-order valence-electron chi connectivity index (χ0n) is 13.7. The SMILES string of the molecule is CN1C(=O)CN(C(=O)C(c2ccccc2)C2CC2)c2ccccc21. The summed E-state index contributed by atoms with van der Waals surface area (Å²) in [4.78, 5) is 29.0. The summed E-state index contributed by atoms with van der Waals surface area (Å²) in [5, 5.41) is 0. The monoisotopic (exact) mass is 320 g/mol. The van der Waals surface area contributed by atoms with Crippen molar-refractivity contribution >= 4 is 23.2 Å². The maximum Gasteiger partial charge on any atom is 0.246 e. The second-order valence-corrected chi connectivity index (χ2v) is 6.59. The molecule has 2 aromatic rings. The van der Waals surface area contributed by atoms with Crippen LogP contribution in [0, 0.1) is 5.92 Å². The molecule has 1 saturated carbocycles. The van der Waals surface area contributed by atoms with E-state index in [1.165, 1.54) is 0 Å². The van der Waals surface area contributed by atoms with Gasteiger partial charge in [-0.2, -0.15) is 0 Å². The zero-order chi connectivity index (χ0) is 16.7. The second kappa shape index (κ2) is 5.78. The Labute approximate surface area is 141 Å². The third kappa shape index (κ3) is 2.48. The quantitative estimate of drug-likeness (QED) is 0.871. The molecule has 1 fully saturated rings. The van der Waals surface area contributed by atoms with Crippen LogP contribution in [0.15, 0.2) is 54.6 Å². The highest BCUT2D eigenvalue weighted by Crippen LogP contribution is 2.45. The number of carbonyl (C=O) groups is 2. The van der Waals surface area contributed by atoms with Crippen LogP contribution in [0.2, 0.25) is 0 Å². The van der Waals surface area contributed by atoms with Crippen molar-refractivity contribution in [2.24, 2.45) is 5.92 Å². The molecule has 1 aliphatic carbocycles. The molecule has 1 atom stereocenters. The third-order valence-electron chi connectivity index (χ3n) is 4.99. The molecule has 1 aliphatic heterocycles. The molecule has 0 saturated heterocycles. The minimum Gasteiger partial charge on any atom is -0.312 e. The largest absolute Gasteiger partial charge is 0.312 e. The molecule has 4 nitrogen and oxygen atoms in total. The first-order chi connectivity index (χ1) is 11.7. The first-order valence-electron chi connectivity index (χ1n) is 8.38. The summed E-state index contributed by atoms with van der Waals surface area (Å²) in [5.41, 5.74) is 2.67. The van der Waals surface area contributed by atoms with Crippen molar-refractivity contribution < 1.29 is 9.59 Å². The van der Waals surface area contributed by atoms with E-state index in [1.807, 2.05) is 54.6 Å². The van der Waals surface area contributed by atoms with Gasteiger partial charge in [0.15, 0.2) is 0 Å². The van der Waals surface area contributed by atoms with Gasteiger partial charge in [-0.25, -0.2) is 0 Å². The van der Waals surface area contributed by atoms with E-state index in [-0.39, 0.29) is 24.3 Å². The molecule has 0 radical (unpaired) electrons. The van der Waals surface area contributed by atoms with Crippen molar-refractivity contribution in [2.45, 2.75) is 18.8 Å². The number of fused-ring (bicyclic) bond motifs is 1. The second-order valence-electron chi connectivity index (χ2n) is 6.59. The van der Waals surface area contributed by atoms with Gasteiger partial charge in [-0.05, 0) is 36.5 Å². The van der Waals surface area contributed by atoms with Gasteiger partial charge < -0.3 is 9.80 Å². The van der Waals surface area contributed by atoms with E-state index in [2.05, 4.69) is 0 Å². The lowest BCUT2D eigenvalue weighted by molar-refractivity contribution is -0.124. The van der Waals surface area contributed by atoms with E-state index in [0.29, 0.717) is 5.92 Å². The average Bonchev–Trinajstić information content (AvgIpc) is 3.44. The first-order valence-corrected chi connectivity index (χ1v) is 8.38. The summed E-state index contributed by atoms with van der Waals surface area (Å²) in [6, 6.07) is 17.6. The molecule has 4 heteroatoms. The first kappa shape index (κ1) is 14.9. The Morgan fingerprint density at radius 1 is 1.00 bits per heavy atom. The number of hydrogen-bond donors (Lipinski definition) is 0. The number of nitrogens with zero attached hydrogens (tertiary/aromatic N) is 2. The van der Waals surface area contributed by atoms with Gasteiger partial charge in [-0.3, -0.25) is 9.59 Å². The van der Waals surface area contributed by atoms with Gasteiger partial charge in [0.1, 0.15) is 6.54 Å². The number of amides is 2. The van der Waals surface area contributed by atoms with Gasteiger partial charge in [0, 0.05) is 7.05 Å². The highest BCUT2D eigenvalue weighted by atomic mass is 16.2. The summed E-state index contributed by atoms with van der Waals surface area (Å²) in [6.07, 6.45) is 2.16. The van der Waals surface area contributed by atoms with Crippen LogP contribution in [0.4, 0.5) is 11.4 Å². The van der Waals surface area contributed by atoms with E-state index >= 15 is 0 Å². The summed E-state index contributed by atoms with van der Waals surface area (Å²) < 4.78 is 0. The van der Waals surface area contributed by atoms with Crippen molar-refractivity contribution in [1.29, 1.82) is 0 Å². The third-order valence-corrected chi connectivity index (χ3v) is 4.99. The number of benzene rings is 2. The van der Waals surface area contributed by atoms with Gasteiger partial charge in [0.25, 0.3) is 0 Å². The summed E-state index contributed by atoms with van der Waals surface area (Å²) in [5.74, 6) is 0.222. The highest BCUT2D eigenvalue weighted by Gasteiger charge is 2.41. The molecule has 1 unspecified atom stereocenters. The van der Waals surface area contributed by atoms with Gasteiger partial charge in [-0.1, -0.05) is 42.5 Å². The van der Waals surface area contributed by atoms with E-state index in [4.69, 9.17) is 0 Å². The fourth-order valence-corrected chi connectivity index (χ4v) is 3.51. The fourth-order valence-electron chi connectivity index (χ4n) is 3.51. The van der Waals surface area contributed by atoms with Gasteiger partial charge in [0.05, 0.1) is 17.3 Å². The van der Waals surface area contributed by atoms with Crippen molar-refractivity contribution in [3.63, 3.8) is 0 Å². The Kier molecular flexibility index (Phi) is 3.60. The molecule has 1 heterocycles. The predicted molar refractivity (Wildman–Crippen MR) is 94.1 cm³/mol. The van der Waals surface area contributed by atoms with Gasteiger partial charge in [-0.15, -0.1) is 0 Å². The zero-order valence-corrected chi connectivity index (χ0v) is 13.7. The lowest BCUT2D eigenvalue weighted by Crippen LogP contribution is -2.48. The molecule has 0 bridgehead atoms. The lowest BCUT2D eigenvalue weighted by atomic mass is 9.92. The van der Waals surface area contributed by atoms with Crippen LogP contribution in [-0.2, 0) is 9.59 Å². The Morgan fingerprint density at radius 3 is 2.29 bits per heavy atom. The fraction of sp³-hybridized carbons (Fsp3) is 0.300. The Hall–Kier alpha value is -2.62. The van der Waals surface area contributed by atoms with Crippen LogP contribution in [0.25, 0.3) is 0 Å². The molecular formula is C20H20N2O2. The highest BCUT2D eigenvalue weighted by molar-refractivity contribution is 6.12. The summed E-state index contributed by atoms with van der Waals surface area (Å²) in [7, 11) is 1.76. The number of likely N-dealkylation sites (N-methyl/N-ethyl adjacent to an activating group) is 1. The minimum absolute atomic E-state index is 0.0394. The average molecular weight is 320 g/mol. The molecule has 2 aromatic carbocycles. The summed E-state index contributed by atoms with van der Waals surface area (Å²) >= 11 is 0. The van der Waals surface area contributed by atoms with Crippen LogP contribution in [0.5, 0.6) is 0 Å². The van der Waals surface area contributed by atoms with E-state index in [0.717, 1.165) is 29.8 Å². The predicted octanol–water partition coefficient (Wildman–Crippen LogP) is 3.19. The lowest BCUT2D eigenvalue weighted by Gasteiger charge is -2.36. The van der Waals surface area contributed by atoms with Crippen molar-refractivity contribution in [1.82, 2.24) is 0 Å². The molecule has 0 N–H and O–H groups in total. The van der Waals surface area contributed by atoms with Crippen LogP contribution in [0.3, 0.4) is 0 Å². The normalized spacial score (nSPS) is 18.3. The molecule has 0 spiro atoms. The molecule has 0 aromatic heterocycles. The maximum atomic E-state index is 13.4. The standard InChI is InChI=1S/C20H20N2O2/c1-21-16-9-5-6-10-17(16)22(13-18(21)23)20(24)19(15-11-12-15)14-7-3-2-4-8-14/h2-10,15,19H,11-13H2,1H3. The van der Waals surface area contributed by atoms with Crippen LogP contribution < -0.4 is 9.80 Å². The van der Waals surface area contributed by atoms with Crippen LogP contribution in [0.1, 0.15) is 24.3 Å². The molecule has 4 rings (SSSR count). The van der Waals surface area contributed by atoms with Crippen LogP contribution in [-0.4, -0.2) is 25.4 Å². The number of rotatable bonds is 3. The molecule has 122 valence electrons. The smallest absolute Gasteiger partial charge is 0.246 e. The number of hydrogen-bond acceptors (Lipinski definition) is 2. The van der Waals surface area contributed by atoms with Crippen molar-refractivity contribution in [3.05, 3.63) is 60.2 Å². The molecular weight excluding hydrogens is 300 g/mol. The van der Waals surface area contributed by atoms with E-state index in [1.54, 1.807) is 16.8 Å². The van der Waals surface area contributed by atoms with E-state index < -0.39 is 0 Å². The van der Waals surface area contributed by atoms with Gasteiger partial charge in [0.2, 0.25) is 11.8 Å². The Morgan fingerprint density at radius 2 is 1.62 bits per heavy atom. The molecule has 2 amide bonds. The topological polar surface area (TPSA) is 40.6 Å². The number of para-hydroxylation sites is 2. The molecule has 24 heavy (non-hydrogen) atoms. The van der Waals surface area contributed by atoms with Crippen molar-refractivity contribution in [3.8, 4) is 0 Å². The number of carbonyl (C=O) groups excluding carboxylic acids is 2. The van der Waals surface area contributed by atoms with Crippen molar-refractivity contribution in [2.75, 3.05) is 23.4 Å². The Bertz CT molecular complexity index is 783. The minimum atomic E-state index is -0.157. The number of anilines is 2. The van der Waals surface area contributed by atoms with E-state index in [9.17, 15) is 9.59 Å². The molecule has 2 aliphatic rings. The summed E-state index contributed by atoms with van der Waals surface area (Å²) in [6.45, 7) is 0.113. The van der Waals surface area contributed by atoms with Crippen LogP contribution >= 0.6 is 0 Å². The Balaban J connectivity index is 1.73.